The van der Waals surface area contributed by atoms with Gasteiger partial charge in [0.15, 0.2) is 0 Å². The van der Waals surface area contributed by atoms with E-state index in [0.717, 1.165) is 31.0 Å². The molecule has 1 aromatic carbocycles. The van der Waals surface area contributed by atoms with Crippen molar-refractivity contribution < 1.29 is 0 Å². The van der Waals surface area contributed by atoms with Gasteiger partial charge in [0, 0.05) is 22.6 Å². The van der Waals surface area contributed by atoms with Crippen molar-refractivity contribution in [1.82, 2.24) is 10.3 Å². The summed E-state index contributed by atoms with van der Waals surface area (Å²) in [4.78, 5) is 5.65. The summed E-state index contributed by atoms with van der Waals surface area (Å²) in [5.74, 6) is 0. The summed E-state index contributed by atoms with van der Waals surface area (Å²) in [5.41, 5.74) is 1.31. The smallest absolute Gasteiger partial charge is 0.0925 e. The van der Waals surface area contributed by atoms with Crippen LogP contribution < -0.4 is 5.32 Å². The van der Waals surface area contributed by atoms with Crippen LogP contribution in [0.5, 0.6) is 0 Å². The van der Waals surface area contributed by atoms with Crippen LogP contribution in [-0.2, 0) is 19.4 Å². The van der Waals surface area contributed by atoms with Gasteiger partial charge in [-0.1, -0.05) is 30.7 Å². The molecule has 4 heteroatoms. The molecule has 0 saturated heterocycles. The first-order valence-corrected chi connectivity index (χ1v) is 7.36. The molecule has 96 valence electrons. The van der Waals surface area contributed by atoms with Crippen molar-refractivity contribution in [2.75, 3.05) is 6.54 Å². The fourth-order valence-electron chi connectivity index (χ4n) is 1.69. The summed E-state index contributed by atoms with van der Waals surface area (Å²) >= 11 is 7.64. The average Bonchev–Trinajstić information content (AvgIpc) is 2.85. The van der Waals surface area contributed by atoms with Crippen molar-refractivity contribution >= 4 is 22.9 Å². The Morgan fingerprint density at radius 1 is 1.28 bits per heavy atom. The van der Waals surface area contributed by atoms with E-state index in [2.05, 4.69) is 29.4 Å². The summed E-state index contributed by atoms with van der Waals surface area (Å²) in [6, 6.07) is 8.03. The Kier molecular flexibility index (Phi) is 5.17. The highest BCUT2D eigenvalue weighted by Crippen LogP contribution is 2.13. The number of hydrogen-bond acceptors (Lipinski definition) is 3. The summed E-state index contributed by atoms with van der Waals surface area (Å²) < 4.78 is 0. The Bertz CT molecular complexity index is 479. The van der Waals surface area contributed by atoms with E-state index in [1.807, 2.05) is 18.3 Å². The van der Waals surface area contributed by atoms with Gasteiger partial charge >= 0.3 is 0 Å². The van der Waals surface area contributed by atoms with Gasteiger partial charge in [-0.15, -0.1) is 11.3 Å². The third-order valence-electron chi connectivity index (χ3n) is 2.71. The average molecular weight is 281 g/mol. The van der Waals surface area contributed by atoms with Gasteiger partial charge in [-0.25, -0.2) is 4.98 Å². The molecule has 0 radical (unpaired) electrons. The highest BCUT2D eigenvalue weighted by molar-refractivity contribution is 7.11. The van der Waals surface area contributed by atoms with Crippen molar-refractivity contribution in [2.45, 2.75) is 26.3 Å². The third-order valence-corrected chi connectivity index (χ3v) is 4.10. The van der Waals surface area contributed by atoms with Crippen LogP contribution in [0.2, 0.25) is 5.02 Å². The zero-order chi connectivity index (χ0) is 12.8. The molecular formula is C14H17ClN2S. The van der Waals surface area contributed by atoms with Gasteiger partial charge in [-0.3, -0.25) is 0 Å². The quantitative estimate of drug-likeness (QED) is 0.817. The van der Waals surface area contributed by atoms with E-state index >= 15 is 0 Å². The number of nitrogens with zero attached hydrogens (tertiary/aromatic N) is 1. The first kappa shape index (κ1) is 13.5. The molecule has 1 aromatic heterocycles. The minimum atomic E-state index is 0.795. The lowest BCUT2D eigenvalue weighted by Crippen LogP contribution is -2.15. The van der Waals surface area contributed by atoms with Crippen LogP contribution in [0, 0.1) is 0 Å². The molecule has 0 saturated carbocycles. The minimum Gasteiger partial charge on any atom is -0.311 e. The predicted octanol–water partition coefficient (Wildman–Crippen LogP) is 3.69. The number of thiazole rings is 1. The van der Waals surface area contributed by atoms with Gasteiger partial charge in [0.05, 0.1) is 5.01 Å². The summed E-state index contributed by atoms with van der Waals surface area (Å²) in [6.07, 6.45) is 4.02. The van der Waals surface area contributed by atoms with Crippen molar-refractivity contribution in [3.8, 4) is 0 Å². The monoisotopic (exact) mass is 280 g/mol. The molecule has 1 N–H and O–H groups in total. The summed E-state index contributed by atoms with van der Waals surface area (Å²) in [6.45, 7) is 4.02. The van der Waals surface area contributed by atoms with Crippen LogP contribution in [0.25, 0.3) is 0 Å². The van der Waals surface area contributed by atoms with E-state index in [-0.39, 0.29) is 0 Å². The second kappa shape index (κ2) is 6.88. The van der Waals surface area contributed by atoms with Crippen LogP contribution in [-0.4, -0.2) is 11.5 Å². The van der Waals surface area contributed by atoms with Crippen LogP contribution in [0.1, 0.15) is 22.4 Å². The Hall–Kier alpha value is -0.900. The molecule has 18 heavy (non-hydrogen) atoms. The normalized spacial score (nSPS) is 10.8. The lowest BCUT2D eigenvalue weighted by atomic mass is 10.1. The molecule has 2 nitrogen and oxygen atoms in total. The lowest BCUT2D eigenvalue weighted by molar-refractivity contribution is 0.693. The molecule has 2 aromatic rings. The number of hydrogen-bond donors (Lipinski definition) is 1. The maximum Gasteiger partial charge on any atom is 0.0925 e. The van der Waals surface area contributed by atoms with Crippen LogP contribution in [0.3, 0.4) is 0 Å². The number of aryl methyl sites for hydroxylation is 1. The third kappa shape index (κ3) is 4.09. The zero-order valence-electron chi connectivity index (χ0n) is 10.4. The van der Waals surface area contributed by atoms with Gasteiger partial charge in [-0.2, -0.15) is 0 Å². The van der Waals surface area contributed by atoms with Crippen LogP contribution >= 0.6 is 22.9 Å². The SMILES string of the molecule is CCc1ncc(CNCCc2ccc(Cl)cc2)s1. The molecule has 0 atom stereocenters. The van der Waals surface area contributed by atoms with Crippen molar-refractivity contribution in [1.29, 1.82) is 0 Å². The first-order chi connectivity index (χ1) is 8.78. The van der Waals surface area contributed by atoms with Crippen LogP contribution in [0.15, 0.2) is 30.5 Å². The molecule has 0 aliphatic rings. The highest BCUT2D eigenvalue weighted by Gasteiger charge is 1.99. The fourth-order valence-corrected chi connectivity index (χ4v) is 2.65. The van der Waals surface area contributed by atoms with E-state index in [4.69, 9.17) is 11.6 Å². The molecule has 0 fully saturated rings. The molecule has 0 spiro atoms. The molecule has 0 aliphatic carbocycles. The number of nitrogens with one attached hydrogen (secondary N) is 1. The highest BCUT2D eigenvalue weighted by atomic mass is 35.5. The van der Waals surface area contributed by atoms with Crippen molar-refractivity contribution in [3.63, 3.8) is 0 Å². The second-order valence-corrected chi connectivity index (χ2v) is 5.76. The molecule has 0 unspecified atom stereocenters. The predicted molar refractivity (Wildman–Crippen MR) is 78.4 cm³/mol. The number of rotatable bonds is 6. The van der Waals surface area contributed by atoms with E-state index < -0.39 is 0 Å². The molecular weight excluding hydrogens is 264 g/mol. The largest absolute Gasteiger partial charge is 0.311 e. The maximum atomic E-state index is 5.85. The Balaban J connectivity index is 1.71. The summed E-state index contributed by atoms with van der Waals surface area (Å²) in [7, 11) is 0. The summed E-state index contributed by atoms with van der Waals surface area (Å²) in [5, 5.41) is 5.45. The Morgan fingerprint density at radius 2 is 2.06 bits per heavy atom. The van der Waals surface area contributed by atoms with Gasteiger partial charge in [0.25, 0.3) is 0 Å². The minimum absolute atomic E-state index is 0.795. The topological polar surface area (TPSA) is 24.9 Å². The van der Waals surface area contributed by atoms with Crippen LogP contribution in [0.4, 0.5) is 0 Å². The van der Waals surface area contributed by atoms with Gasteiger partial charge < -0.3 is 5.32 Å². The van der Waals surface area contributed by atoms with E-state index in [1.165, 1.54) is 15.4 Å². The van der Waals surface area contributed by atoms with Crippen molar-refractivity contribution in [3.05, 3.63) is 50.9 Å². The lowest BCUT2D eigenvalue weighted by Gasteiger charge is -2.03. The molecule has 2 rings (SSSR count). The van der Waals surface area contributed by atoms with Gasteiger partial charge in [-0.05, 0) is 37.1 Å². The standard InChI is InChI=1S/C14H17ClN2S/c1-2-14-17-10-13(18-14)9-16-8-7-11-3-5-12(15)6-4-11/h3-6,10,16H,2,7-9H2,1H3. The molecule has 0 aliphatic heterocycles. The van der Waals surface area contributed by atoms with Gasteiger partial charge in [0.2, 0.25) is 0 Å². The molecule has 0 bridgehead atoms. The van der Waals surface area contributed by atoms with Crippen molar-refractivity contribution in [2.24, 2.45) is 0 Å². The zero-order valence-corrected chi connectivity index (χ0v) is 12.0. The molecule has 1 heterocycles. The van der Waals surface area contributed by atoms with E-state index in [9.17, 15) is 0 Å². The first-order valence-electron chi connectivity index (χ1n) is 6.16. The number of aromatic nitrogens is 1. The Labute approximate surface area is 117 Å². The maximum absolute atomic E-state index is 5.85. The number of benzene rings is 1. The number of halogens is 1. The fraction of sp³-hybridized carbons (Fsp3) is 0.357. The second-order valence-electron chi connectivity index (χ2n) is 4.13. The molecule has 0 amide bonds. The Morgan fingerprint density at radius 3 is 2.72 bits per heavy atom. The van der Waals surface area contributed by atoms with E-state index in [1.54, 1.807) is 11.3 Å². The van der Waals surface area contributed by atoms with E-state index in [0.29, 0.717) is 0 Å². The van der Waals surface area contributed by atoms with Gasteiger partial charge in [0.1, 0.15) is 0 Å².